The van der Waals surface area contributed by atoms with Crippen molar-refractivity contribution in [3.8, 4) is 22.0 Å². The second-order valence-electron chi connectivity index (χ2n) is 5.80. The van der Waals surface area contributed by atoms with Gasteiger partial charge >= 0.3 is 5.97 Å². The van der Waals surface area contributed by atoms with E-state index in [-0.39, 0.29) is 12.4 Å². The van der Waals surface area contributed by atoms with Crippen LogP contribution in [0.25, 0.3) is 22.0 Å². The van der Waals surface area contributed by atoms with Gasteiger partial charge in [0.15, 0.2) is 0 Å². The minimum absolute atomic E-state index is 0.120. The lowest BCUT2D eigenvalue weighted by Crippen LogP contribution is -2.10. The number of rotatable bonds is 6. The summed E-state index contributed by atoms with van der Waals surface area (Å²) in [5.41, 5.74) is 2.25. The molecule has 0 amide bonds. The molecule has 0 aromatic carbocycles. The lowest BCUT2D eigenvalue weighted by Gasteiger charge is -2.10. The maximum atomic E-state index is 12.0. The predicted molar refractivity (Wildman–Crippen MR) is 105 cm³/mol. The molecular formula is C18H19ClN4O2S. The standard InChI is InChI=1S/C18H19ClN4O2S/c1-4-25-16(24)9-12-17(13-6-7-14(19)26-13)22-18(21-12)11-5-8-15(20-10-11)23(2)3/h5-8,10H,4,9H2,1-3H3,(H,21,22). The van der Waals surface area contributed by atoms with Gasteiger partial charge in [-0.1, -0.05) is 11.6 Å². The second kappa shape index (κ2) is 7.88. The number of halogens is 1. The molecule has 3 heterocycles. The molecule has 0 radical (unpaired) electrons. The summed E-state index contributed by atoms with van der Waals surface area (Å²) in [5, 5.41) is 0. The monoisotopic (exact) mass is 390 g/mol. The molecule has 0 atom stereocenters. The molecule has 1 N–H and O–H groups in total. The van der Waals surface area contributed by atoms with Crippen molar-refractivity contribution < 1.29 is 9.53 Å². The van der Waals surface area contributed by atoms with Gasteiger partial charge in [-0.2, -0.15) is 0 Å². The number of nitrogens with one attached hydrogen (secondary N) is 1. The number of ether oxygens (including phenoxy) is 1. The largest absolute Gasteiger partial charge is 0.466 e. The lowest BCUT2D eigenvalue weighted by molar-refractivity contribution is -0.142. The number of H-pyrrole nitrogens is 1. The van der Waals surface area contributed by atoms with Crippen LogP contribution >= 0.6 is 22.9 Å². The highest BCUT2D eigenvalue weighted by Gasteiger charge is 2.18. The highest BCUT2D eigenvalue weighted by molar-refractivity contribution is 7.19. The van der Waals surface area contributed by atoms with Crippen LogP contribution in [0.15, 0.2) is 30.5 Å². The molecule has 0 saturated heterocycles. The maximum Gasteiger partial charge on any atom is 0.311 e. The smallest absolute Gasteiger partial charge is 0.311 e. The summed E-state index contributed by atoms with van der Waals surface area (Å²) in [5.74, 6) is 1.21. The van der Waals surface area contributed by atoms with Gasteiger partial charge in [-0.05, 0) is 31.2 Å². The highest BCUT2D eigenvalue weighted by Crippen LogP contribution is 2.34. The summed E-state index contributed by atoms with van der Waals surface area (Å²) in [6.07, 6.45) is 1.88. The zero-order chi connectivity index (χ0) is 18.7. The molecule has 0 unspecified atom stereocenters. The minimum atomic E-state index is -0.298. The SMILES string of the molecule is CCOC(=O)Cc1[nH]c(-c2ccc(N(C)C)nc2)nc1-c1ccc(Cl)s1. The molecule has 0 saturated carbocycles. The van der Waals surface area contributed by atoms with Crippen molar-refractivity contribution in [1.29, 1.82) is 0 Å². The van der Waals surface area contributed by atoms with Crippen molar-refractivity contribution in [2.24, 2.45) is 0 Å². The Labute approximate surface area is 160 Å². The van der Waals surface area contributed by atoms with Crippen LogP contribution in [-0.2, 0) is 16.0 Å². The first-order valence-corrected chi connectivity index (χ1v) is 9.31. The van der Waals surface area contributed by atoms with E-state index in [4.69, 9.17) is 16.3 Å². The Balaban J connectivity index is 1.98. The fourth-order valence-electron chi connectivity index (χ4n) is 2.47. The van der Waals surface area contributed by atoms with Crippen LogP contribution in [0, 0.1) is 0 Å². The third-order valence-corrected chi connectivity index (χ3v) is 4.93. The Kier molecular flexibility index (Phi) is 5.58. The van der Waals surface area contributed by atoms with Gasteiger partial charge in [0.1, 0.15) is 17.3 Å². The van der Waals surface area contributed by atoms with E-state index in [0.29, 0.717) is 28.2 Å². The van der Waals surface area contributed by atoms with Gasteiger partial charge in [-0.25, -0.2) is 9.97 Å². The third-order valence-electron chi connectivity index (χ3n) is 3.69. The number of pyridine rings is 1. The molecule has 0 spiro atoms. The number of carbonyl (C=O) groups is 1. The Morgan fingerprint density at radius 3 is 2.69 bits per heavy atom. The Hall–Kier alpha value is -2.38. The molecule has 0 fully saturated rings. The maximum absolute atomic E-state index is 12.0. The molecule has 3 rings (SSSR count). The molecule has 3 aromatic rings. The number of aromatic nitrogens is 3. The minimum Gasteiger partial charge on any atom is -0.466 e. The molecule has 0 bridgehead atoms. The lowest BCUT2D eigenvalue weighted by atomic mass is 10.2. The van der Waals surface area contributed by atoms with E-state index in [9.17, 15) is 4.79 Å². The van der Waals surface area contributed by atoms with Crippen LogP contribution in [0.4, 0.5) is 5.82 Å². The molecule has 0 aliphatic rings. The normalized spacial score (nSPS) is 10.8. The third kappa shape index (κ3) is 4.05. The molecule has 0 aliphatic heterocycles. The summed E-state index contributed by atoms with van der Waals surface area (Å²) < 4.78 is 5.74. The molecule has 0 aliphatic carbocycles. The number of imidazole rings is 1. The van der Waals surface area contributed by atoms with Crippen molar-refractivity contribution in [3.05, 3.63) is 40.5 Å². The first-order valence-electron chi connectivity index (χ1n) is 8.12. The van der Waals surface area contributed by atoms with Crippen molar-refractivity contribution in [2.75, 3.05) is 25.6 Å². The van der Waals surface area contributed by atoms with E-state index in [0.717, 1.165) is 16.3 Å². The van der Waals surface area contributed by atoms with Crippen LogP contribution in [0.1, 0.15) is 12.6 Å². The van der Waals surface area contributed by atoms with Crippen LogP contribution in [0.2, 0.25) is 4.34 Å². The number of esters is 1. The van der Waals surface area contributed by atoms with E-state index < -0.39 is 0 Å². The van der Waals surface area contributed by atoms with Gasteiger partial charge < -0.3 is 14.6 Å². The molecular weight excluding hydrogens is 372 g/mol. The number of hydrogen-bond acceptors (Lipinski definition) is 6. The van der Waals surface area contributed by atoms with E-state index in [1.165, 1.54) is 11.3 Å². The zero-order valence-corrected chi connectivity index (χ0v) is 16.3. The quantitative estimate of drug-likeness (QED) is 0.643. The van der Waals surface area contributed by atoms with Crippen molar-refractivity contribution in [2.45, 2.75) is 13.3 Å². The molecule has 3 aromatic heterocycles. The predicted octanol–water partition coefficient (Wildman–Crippen LogP) is 4.03. The number of anilines is 1. The van der Waals surface area contributed by atoms with Gasteiger partial charge in [0.05, 0.1) is 27.9 Å². The fourth-order valence-corrected chi connectivity index (χ4v) is 3.53. The van der Waals surface area contributed by atoms with Crippen LogP contribution in [0.5, 0.6) is 0 Å². The van der Waals surface area contributed by atoms with E-state index in [2.05, 4.69) is 15.0 Å². The summed E-state index contributed by atoms with van der Waals surface area (Å²) >= 11 is 7.48. The average Bonchev–Trinajstić information content (AvgIpc) is 3.21. The van der Waals surface area contributed by atoms with E-state index >= 15 is 0 Å². The van der Waals surface area contributed by atoms with Crippen molar-refractivity contribution >= 4 is 34.7 Å². The molecule has 6 nitrogen and oxygen atoms in total. The Bertz CT molecular complexity index is 902. The molecule has 136 valence electrons. The first-order chi connectivity index (χ1) is 12.5. The topological polar surface area (TPSA) is 71.1 Å². The van der Waals surface area contributed by atoms with Gasteiger partial charge in [0.2, 0.25) is 0 Å². The number of nitrogens with zero attached hydrogens (tertiary/aromatic N) is 3. The van der Waals surface area contributed by atoms with Crippen LogP contribution < -0.4 is 4.90 Å². The van der Waals surface area contributed by atoms with Crippen molar-refractivity contribution in [3.63, 3.8) is 0 Å². The fraction of sp³-hybridized carbons (Fsp3) is 0.278. The van der Waals surface area contributed by atoms with Crippen molar-refractivity contribution in [1.82, 2.24) is 15.0 Å². The summed E-state index contributed by atoms with van der Waals surface area (Å²) in [7, 11) is 3.87. The Morgan fingerprint density at radius 1 is 1.31 bits per heavy atom. The number of carbonyl (C=O) groups excluding carboxylic acids is 1. The van der Waals surface area contributed by atoms with Crippen LogP contribution in [-0.4, -0.2) is 41.6 Å². The number of thiophene rings is 1. The average molecular weight is 391 g/mol. The number of aromatic amines is 1. The zero-order valence-electron chi connectivity index (χ0n) is 14.7. The molecule has 26 heavy (non-hydrogen) atoms. The van der Waals surface area contributed by atoms with E-state index in [1.54, 1.807) is 13.1 Å². The highest BCUT2D eigenvalue weighted by atomic mass is 35.5. The number of hydrogen-bond donors (Lipinski definition) is 1. The summed E-state index contributed by atoms with van der Waals surface area (Å²) in [6, 6.07) is 7.58. The summed E-state index contributed by atoms with van der Waals surface area (Å²) in [6.45, 7) is 2.13. The van der Waals surface area contributed by atoms with Gasteiger partial charge in [-0.3, -0.25) is 4.79 Å². The van der Waals surface area contributed by atoms with Gasteiger partial charge in [-0.15, -0.1) is 11.3 Å². The van der Waals surface area contributed by atoms with Gasteiger partial charge in [0, 0.05) is 25.9 Å². The Morgan fingerprint density at radius 2 is 2.12 bits per heavy atom. The van der Waals surface area contributed by atoms with Crippen LogP contribution in [0.3, 0.4) is 0 Å². The second-order valence-corrected chi connectivity index (χ2v) is 7.51. The first kappa shape index (κ1) is 18.4. The van der Waals surface area contributed by atoms with E-state index in [1.807, 2.05) is 43.3 Å². The van der Waals surface area contributed by atoms with Gasteiger partial charge in [0.25, 0.3) is 0 Å². The summed E-state index contributed by atoms with van der Waals surface area (Å²) in [4.78, 5) is 27.1. The molecule has 8 heteroatoms.